The van der Waals surface area contributed by atoms with Crippen LogP contribution in [0.4, 0.5) is 19.0 Å². The number of aromatic nitrogens is 3. The lowest BCUT2D eigenvalue weighted by atomic mass is 10.1. The number of halogens is 4. The quantitative estimate of drug-likeness (QED) is 0.371. The number of rotatable bonds is 5. The Morgan fingerprint density at radius 3 is 2.23 bits per heavy atom. The van der Waals surface area contributed by atoms with Crippen molar-refractivity contribution in [1.82, 2.24) is 15.0 Å². The molecule has 0 aliphatic carbocycles. The Kier molecular flexibility index (Phi) is 10.8. The number of H-pyrrole nitrogens is 1. The third-order valence-electron chi connectivity index (χ3n) is 3.70. The second kappa shape index (κ2) is 12.7. The Balaban J connectivity index is 0.00000113. The van der Waals surface area contributed by atoms with Gasteiger partial charge < -0.3 is 10.3 Å². The fraction of sp³-hybridized carbons (Fsp3) is 0.318. The summed E-state index contributed by atoms with van der Waals surface area (Å²) in [7, 11) is 0. The summed E-state index contributed by atoms with van der Waals surface area (Å²) in [5, 5.41) is 3.27. The first-order chi connectivity index (χ1) is 14.8. The highest BCUT2D eigenvalue weighted by Crippen LogP contribution is 2.24. The maximum Gasteiger partial charge on any atom is 0.249 e. The summed E-state index contributed by atoms with van der Waals surface area (Å²) in [6.07, 6.45) is 0.488. The molecule has 3 rings (SSSR count). The zero-order valence-corrected chi connectivity index (χ0v) is 18.9. The largest absolute Gasteiger partial charge is 0.370 e. The topological polar surface area (TPSA) is 70.7 Å². The number of hydrogen-bond donors (Lipinski definition) is 2. The van der Waals surface area contributed by atoms with Crippen LogP contribution >= 0.6 is 11.6 Å². The number of aryl methyl sites for hydroxylation is 1. The monoisotopic (exact) mass is 454 g/mol. The number of benzene rings is 1. The van der Waals surface area contributed by atoms with E-state index in [1.54, 1.807) is 19.1 Å². The van der Waals surface area contributed by atoms with E-state index in [4.69, 9.17) is 11.6 Å². The maximum absolute atomic E-state index is 14.0. The highest BCUT2D eigenvalue weighted by atomic mass is 35.5. The molecular formula is C22H26ClF3N4O. The Hall–Kier alpha value is -2.87. The maximum atomic E-state index is 14.0. The van der Waals surface area contributed by atoms with Crippen LogP contribution < -0.4 is 10.9 Å². The molecule has 9 heteroatoms. The SMILES string of the molecule is CC.CC.Cc1cc(NCCc2cc(Cl)[nH]c(=O)c2)nc(-c2cc(F)c(F)cc2F)n1. The molecule has 168 valence electrons. The highest BCUT2D eigenvalue weighted by molar-refractivity contribution is 6.29. The number of nitrogens with zero attached hydrogens (tertiary/aromatic N) is 2. The van der Waals surface area contributed by atoms with Gasteiger partial charge in [-0.1, -0.05) is 39.3 Å². The van der Waals surface area contributed by atoms with E-state index >= 15 is 0 Å². The first kappa shape index (κ1) is 26.2. The predicted molar refractivity (Wildman–Crippen MR) is 119 cm³/mol. The number of aromatic amines is 1. The van der Waals surface area contributed by atoms with Gasteiger partial charge in [-0.25, -0.2) is 23.1 Å². The lowest BCUT2D eigenvalue weighted by Gasteiger charge is -2.10. The highest BCUT2D eigenvalue weighted by Gasteiger charge is 2.15. The Bertz CT molecular complexity index is 1060. The van der Waals surface area contributed by atoms with Crippen LogP contribution in [0.3, 0.4) is 0 Å². The minimum absolute atomic E-state index is 0.0619. The van der Waals surface area contributed by atoms with Crippen LogP contribution in [0.1, 0.15) is 39.0 Å². The fourth-order valence-corrected chi connectivity index (χ4v) is 2.75. The molecule has 0 unspecified atom stereocenters. The summed E-state index contributed by atoms with van der Waals surface area (Å²) in [6, 6.07) is 5.88. The number of nitrogens with one attached hydrogen (secondary N) is 2. The van der Waals surface area contributed by atoms with Gasteiger partial charge in [0.15, 0.2) is 17.5 Å². The minimum Gasteiger partial charge on any atom is -0.370 e. The van der Waals surface area contributed by atoms with E-state index in [1.807, 2.05) is 27.7 Å². The summed E-state index contributed by atoms with van der Waals surface area (Å²) in [5.41, 5.74) is 0.716. The normalized spacial score (nSPS) is 9.84. The van der Waals surface area contributed by atoms with Crippen molar-refractivity contribution >= 4 is 17.4 Å². The molecule has 0 radical (unpaired) electrons. The average molecular weight is 455 g/mol. The van der Waals surface area contributed by atoms with Gasteiger partial charge in [0, 0.05) is 30.4 Å². The lowest BCUT2D eigenvalue weighted by molar-refractivity contribution is 0.496. The molecule has 0 saturated carbocycles. The standard InChI is InChI=1S/C18H14ClF3N4O.2C2H6/c1-9-4-16(23-3-2-10-5-15(19)25-17(27)6-10)26-18(24-9)11-7-13(21)14(22)8-12(11)20;2*1-2/h4-8H,2-3H2,1H3,(H,25,27)(H,23,24,26);2*1-2H3. The molecule has 2 aromatic heterocycles. The van der Waals surface area contributed by atoms with Crippen LogP contribution in [0, 0.1) is 24.4 Å². The molecular weight excluding hydrogens is 429 g/mol. The molecule has 1 aromatic carbocycles. The van der Waals surface area contributed by atoms with E-state index in [0.29, 0.717) is 30.5 Å². The Morgan fingerprint density at radius 2 is 1.58 bits per heavy atom. The van der Waals surface area contributed by atoms with Crippen LogP contribution in [0.5, 0.6) is 0 Å². The molecule has 31 heavy (non-hydrogen) atoms. The van der Waals surface area contributed by atoms with Gasteiger partial charge in [-0.15, -0.1) is 0 Å². The second-order valence-electron chi connectivity index (χ2n) is 5.84. The molecule has 0 fully saturated rings. The number of hydrogen-bond acceptors (Lipinski definition) is 4. The molecule has 5 nitrogen and oxygen atoms in total. The van der Waals surface area contributed by atoms with Crippen LogP contribution in [-0.4, -0.2) is 21.5 Å². The van der Waals surface area contributed by atoms with Gasteiger partial charge >= 0.3 is 0 Å². The molecule has 3 aromatic rings. The van der Waals surface area contributed by atoms with E-state index in [-0.39, 0.29) is 22.1 Å². The molecule has 0 aliphatic rings. The van der Waals surface area contributed by atoms with Crippen molar-refractivity contribution in [2.75, 3.05) is 11.9 Å². The predicted octanol–water partition coefficient (Wildman–Crippen LogP) is 5.92. The molecule has 0 amide bonds. The van der Waals surface area contributed by atoms with Crippen molar-refractivity contribution in [1.29, 1.82) is 0 Å². The van der Waals surface area contributed by atoms with Crippen molar-refractivity contribution < 1.29 is 13.2 Å². The lowest BCUT2D eigenvalue weighted by Crippen LogP contribution is -2.11. The molecule has 0 atom stereocenters. The van der Waals surface area contributed by atoms with E-state index in [0.717, 1.165) is 11.6 Å². The Morgan fingerprint density at radius 1 is 0.935 bits per heavy atom. The second-order valence-corrected chi connectivity index (χ2v) is 6.25. The first-order valence-corrected chi connectivity index (χ1v) is 10.3. The molecule has 0 saturated heterocycles. The molecule has 2 N–H and O–H groups in total. The van der Waals surface area contributed by atoms with Crippen LogP contribution in [0.25, 0.3) is 11.4 Å². The van der Waals surface area contributed by atoms with Crippen molar-refractivity contribution in [3.05, 3.63) is 74.5 Å². The fourth-order valence-electron chi connectivity index (χ4n) is 2.52. The summed E-state index contributed by atoms with van der Waals surface area (Å²) >= 11 is 5.80. The van der Waals surface area contributed by atoms with Crippen molar-refractivity contribution in [2.24, 2.45) is 0 Å². The van der Waals surface area contributed by atoms with Crippen LogP contribution in [0.15, 0.2) is 35.1 Å². The number of anilines is 1. The van der Waals surface area contributed by atoms with Gasteiger partial charge in [0.25, 0.3) is 0 Å². The minimum atomic E-state index is -1.28. The summed E-state index contributed by atoms with van der Waals surface area (Å²) in [6.45, 7) is 10.1. The van der Waals surface area contributed by atoms with Gasteiger partial charge in [0.05, 0.1) is 5.56 Å². The molecule has 0 spiro atoms. The van der Waals surface area contributed by atoms with E-state index < -0.39 is 17.5 Å². The summed E-state index contributed by atoms with van der Waals surface area (Å²) in [5.74, 6) is -3.09. The van der Waals surface area contributed by atoms with Gasteiger partial charge in [0.2, 0.25) is 5.56 Å². The van der Waals surface area contributed by atoms with Gasteiger partial charge in [-0.3, -0.25) is 4.79 Å². The van der Waals surface area contributed by atoms with Crippen LogP contribution in [0.2, 0.25) is 5.15 Å². The van der Waals surface area contributed by atoms with Crippen molar-refractivity contribution in [2.45, 2.75) is 41.0 Å². The molecule has 0 aliphatic heterocycles. The molecule has 0 bridgehead atoms. The number of pyridine rings is 1. The van der Waals surface area contributed by atoms with Gasteiger partial charge in [-0.05, 0) is 31.0 Å². The summed E-state index contributed by atoms with van der Waals surface area (Å²) in [4.78, 5) is 22.1. The van der Waals surface area contributed by atoms with Crippen molar-refractivity contribution in [3.8, 4) is 11.4 Å². The van der Waals surface area contributed by atoms with Gasteiger partial charge in [-0.2, -0.15) is 0 Å². The van der Waals surface area contributed by atoms with E-state index in [2.05, 4.69) is 20.3 Å². The zero-order valence-electron chi connectivity index (χ0n) is 18.1. The zero-order chi connectivity index (χ0) is 23.6. The third-order valence-corrected chi connectivity index (χ3v) is 3.90. The first-order valence-electron chi connectivity index (χ1n) is 9.95. The third kappa shape index (κ3) is 7.71. The molecule has 2 heterocycles. The smallest absolute Gasteiger partial charge is 0.249 e. The van der Waals surface area contributed by atoms with Crippen LogP contribution in [-0.2, 0) is 6.42 Å². The van der Waals surface area contributed by atoms with Gasteiger partial charge in [0.1, 0.15) is 16.8 Å². The van der Waals surface area contributed by atoms with E-state index in [9.17, 15) is 18.0 Å². The average Bonchev–Trinajstić information content (AvgIpc) is 2.72. The van der Waals surface area contributed by atoms with Crippen molar-refractivity contribution in [3.63, 3.8) is 0 Å². The Labute approximate surface area is 184 Å². The van der Waals surface area contributed by atoms with E-state index in [1.165, 1.54) is 6.07 Å². The summed E-state index contributed by atoms with van der Waals surface area (Å²) < 4.78 is 40.5.